The van der Waals surface area contributed by atoms with Crippen molar-refractivity contribution in [2.75, 3.05) is 6.54 Å². The molecule has 1 aromatic rings. The van der Waals surface area contributed by atoms with E-state index in [1.807, 2.05) is 6.07 Å². The minimum atomic E-state index is 0.565. The van der Waals surface area contributed by atoms with Gasteiger partial charge in [-0.1, -0.05) is 31.5 Å². The predicted molar refractivity (Wildman–Crippen MR) is 62.9 cm³/mol. The fourth-order valence-electron chi connectivity index (χ4n) is 1.63. The molecule has 0 aliphatic rings. The van der Waals surface area contributed by atoms with Gasteiger partial charge >= 0.3 is 0 Å². The van der Waals surface area contributed by atoms with Crippen LogP contribution in [0.2, 0.25) is 5.02 Å². The van der Waals surface area contributed by atoms with Crippen LogP contribution in [0, 0.1) is 0 Å². The number of halogens is 1. The molecule has 0 saturated heterocycles. The van der Waals surface area contributed by atoms with E-state index in [9.17, 15) is 0 Å². The van der Waals surface area contributed by atoms with Gasteiger partial charge < -0.3 is 5.73 Å². The Balaban J connectivity index is 3.02. The van der Waals surface area contributed by atoms with Crippen LogP contribution >= 0.6 is 11.6 Å². The first-order valence-electron chi connectivity index (χ1n) is 5.17. The van der Waals surface area contributed by atoms with E-state index in [1.165, 1.54) is 11.1 Å². The largest absolute Gasteiger partial charge is 0.330 e. The molecule has 1 aromatic carbocycles. The molecule has 0 saturated carbocycles. The lowest BCUT2D eigenvalue weighted by Crippen LogP contribution is -2.06. The summed E-state index contributed by atoms with van der Waals surface area (Å²) < 4.78 is 0. The maximum atomic E-state index is 5.99. The van der Waals surface area contributed by atoms with E-state index in [-0.39, 0.29) is 0 Å². The van der Waals surface area contributed by atoms with Gasteiger partial charge in [0.15, 0.2) is 0 Å². The van der Waals surface area contributed by atoms with Gasteiger partial charge in [0.05, 0.1) is 0 Å². The Bertz CT molecular complexity index is 296. The molecule has 0 radical (unpaired) electrons. The summed E-state index contributed by atoms with van der Waals surface area (Å²) in [5, 5.41) is 0.820. The third-order valence-electron chi connectivity index (χ3n) is 2.66. The molecule has 0 aliphatic heterocycles. The minimum absolute atomic E-state index is 0.565. The second-order valence-corrected chi connectivity index (χ2v) is 4.13. The first-order valence-corrected chi connectivity index (χ1v) is 5.55. The van der Waals surface area contributed by atoms with Gasteiger partial charge in [-0.25, -0.2) is 0 Å². The van der Waals surface area contributed by atoms with Crippen LogP contribution in [0.1, 0.15) is 37.3 Å². The molecule has 2 N–H and O–H groups in total. The molecule has 1 rings (SSSR count). The number of benzene rings is 1. The van der Waals surface area contributed by atoms with Crippen LogP contribution < -0.4 is 5.73 Å². The van der Waals surface area contributed by atoms with Crippen molar-refractivity contribution in [2.24, 2.45) is 5.73 Å². The van der Waals surface area contributed by atoms with E-state index >= 15 is 0 Å². The van der Waals surface area contributed by atoms with Crippen LogP contribution in [0.25, 0.3) is 0 Å². The second-order valence-electron chi connectivity index (χ2n) is 3.69. The Kier molecular flexibility index (Phi) is 4.43. The standard InChI is InChI=1S/C12H18ClN/c1-3-9(2)12-8-11(13)5-4-10(12)6-7-14/h4-5,8-9H,3,6-7,14H2,1-2H3/t9-/m0/s1. The lowest BCUT2D eigenvalue weighted by Gasteiger charge is -2.14. The van der Waals surface area contributed by atoms with Gasteiger partial charge in [0.1, 0.15) is 0 Å². The highest BCUT2D eigenvalue weighted by Crippen LogP contribution is 2.26. The zero-order valence-electron chi connectivity index (χ0n) is 8.89. The average Bonchev–Trinajstić information content (AvgIpc) is 2.20. The summed E-state index contributed by atoms with van der Waals surface area (Å²) in [5.74, 6) is 0.565. The molecule has 0 bridgehead atoms. The van der Waals surface area contributed by atoms with E-state index in [1.54, 1.807) is 0 Å². The molecule has 1 nitrogen and oxygen atoms in total. The smallest absolute Gasteiger partial charge is 0.0409 e. The summed E-state index contributed by atoms with van der Waals surface area (Å²) in [4.78, 5) is 0. The highest BCUT2D eigenvalue weighted by atomic mass is 35.5. The molecule has 0 heterocycles. The summed E-state index contributed by atoms with van der Waals surface area (Å²) in [6.45, 7) is 5.12. The second kappa shape index (κ2) is 5.38. The van der Waals surface area contributed by atoms with E-state index in [4.69, 9.17) is 17.3 Å². The summed E-state index contributed by atoms with van der Waals surface area (Å²) in [6, 6.07) is 6.11. The molecule has 0 fully saturated rings. The minimum Gasteiger partial charge on any atom is -0.330 e. The normalized spacial score (nSPS) is 12.9. The third-order valence-corrected chi connectivity index (χ3v) is 2.90. The van der Waals surface area contributed by atoms with Gasteiger partial charge in [0.25, 0.3) is 0 Å². The molecular formula is C12H18ClN. The van der Waals surface area contributed by atoms with Gasteiger partial charge in [0, 0.05) is 5.02 Å². The molecule has 78 valence electrons. The Morgan fingerprint density at radius 2 is 2.14 bits per heavy atom. The van der Waals surface area contributed by atoms with E-state index in [0.717, 1.165) is 17.9 Å². The first kappa shape index (κ1) is 11.5. The van der Waals surface area contributed by atoms with Gasteiger partial charge in [-0.05, 0) is 48.6 Å². The van der Waals surface area contributed by atoms with Crippen LogP contribution in [0.3, 0.4) is 0 Å². The monoisotopic (exact) mass is 211 g/mol. The van der Waals surface area contributed by atoms with Gasteiger partial charge in [-0.15, -0.1) is 0 Å². The number of rotatable bonds is 4. The van der Waals surface area contributed by atoms with Crippen molar-refractivity contribution in [3.63, 3.8) is 0 Å². The molecule has 14 heavy (non-hydrogen) atoms. The molecule has 1 atom stereocenters. The maximum absolute atomic E-state index is 5.99. The Morgan fingerprint density at radius 3 is 2.71 bits per heavy atom. The molecule has 2 heteroatoms. The maximum Gasteiger partial charge on any atom is 0.0409 e. The Hall–Kier alpha value is -0.530. The van der Waals surface area contributed by atoms with Crippen molar-refractivity contribution >= 4 is 11.6 Å². The fraction of sp³-hybridized carbons (Fsp3) is 0.500. The van der Waals surface area contributed by atoms with E-state index < -0.39 is 0 Å². The highest BCUT2D eigenvalue weighted by Gasteiger charge is 2.08. The van der Waals surface area contributed by atoms with Crippen molar-refractivity contribution in [3.8, 4) is 0 Å². The third kappa shape index (κ3) is 2.73. The summed E-state index contributed by atoms with van der Waals surface area (Å²) in [6.07, 6.45) is 2.08. The Labute approximate surface area is 91.3 Å². The number of nitrogens with two attached hydrogens (primary N) is 1. The predicted octanol–water partition coefficient (Wildman–Crippen LogP) is 3.35. The van der Waals surface area contributed by atoms with E-state index in [0.29, 0.717) is 12.5 Å². The zero-order chi connectivity index (χ0) is 10.6. The average molecular weight is 212 g/mol. The van der Waals surface area contributed by atoms with Crippen molar-refractivity contribution in [3.05, 3.63) is 34.3 Å². The van der Waals surface area contributed by atoms with Gasteiger partial charge in [-0.2, -0.15) is 0 Å². The quantitative estimate of drug-likeness (QED) is 0.812. The molecule has 0 spiro atoms. The molecular weight excluding hydrogens is 194 g/mol. The van der Waals surface area contributed by atoms with Crippen LogP contribution in [-0.4, -0.2) is 6.54 Å². The lowest BCUT2D eigenvalue weighted by molar-refractivity contribution is 0.720. The summed E-state index contributed by atoms with van der Waals surface area (Å²) >= 11 is 5.99. The van der Waals surface area contributed by atoms with E-state index in [2.05, 4.69) is 26.0 Å². The molecule has 0 aliphatic carbocycles. The van der Waals surface area contributed by atoms with Crippen LogP contribution in [-0.2, 0) is 6.42 Å². The molecule has 0 amide bonds. The van der Waals surface area contributed by atoms with Crippen molar-refractivity contribution < 1.29 is 0 Å². The van der Waals surface area contributed by atoms with Gasteiger partial charge in [0.2, 0.25) is 0 Å². The first-order chi connectivity index (χ1) is 6.69. The lowest BCUT2D eigenvalue weighted by atomic mass is 9.92. The number of hydrogen-bond donors (Lipinski definition) is 1. The summed E-state index contributed by atoms with van der Waals surface area (Å²) in [7, 11) is 0. The van der Waals surface area contributed by atoms with Crippen LogP contribution in [0.4, 0.5) is 0 Å². The van der Waals surface area contributed by atoms with Crippen molar-refractivity contribution in [1.29, 1.82) is 0 Å². The zero-order valence-corrected chi connectivity index (χ0v) is 9.64. The van der Waals surface area contributed by atoms with Crippen LogP contribution in [0.5, 0.6) is 0 Å². The van der Waals surface area contributed by atoms with Crippen molar-refractivity contribution in [1.82, 2.24) is 0 Å². The fourth-order valence-corrected chi connectivity index (χ4v) is 1.81. The Morgan fingerprint density at radius 1 is 1.43 bits per heavy atom. The summed E-state index contributed by atoms with van der Waals surface area (Å²) in [5.41, 5.74) is 8.27. The van der Waals surface area contributed by atoms with Crippen LogP contribution in [0.15, 0.2) is 18.2 Å². The highest BCUT2D eigenvalue weighted by molar-refractivity contribution is 6.30. The van der Waals surface area contributed by atoms with Crippen molar-refractivity contribution in [2.45, 2.75) is 32.6 Å². The topological polar surface area (TPSA) is 26.0 Å². The van der Waals surface area contributed by atoms with Gasteiger partial charge in [-0.3, -0.25) is 0 Å². The SMILES string of the molecule is CC[C@H](C)c1cc(Cl)ccc1CCN. The number of hydrogen-bond acceptors (Lipinski definition) is 1. The molecule has 0 unspecified atom stereocenters. The molecule has 0 aromatic heterocycles.